The summed E-state index contributed by atoms with van der Waals surface area (Å²) in [4.78, 5) is 4.15. The number of aliphatic hydroxyl groups is 1. The fraction of sp³-hybridized carbons (Fsp3) is 0.182. The van der Waals surface area contributed by atoms with Crippen molar-refractivity contribution in [1.82, 2.24) is 4.98 Å². The average molecular weight is 319 g/mol. The molecule has 0 aliphatic rings. The molecule has 1 N–H and O–H groups in total. The Labute approximate surface area is 111 Å². The van der Waals surface area contributed by atoms with Gasteiger partial charge in [0.1, 0.15) is 0 Å². The first-order valence-electron chi connectivity index (χ1n) is 4.68. The zero-order chi connectivity index (χ0) is 11.5. The molecule has 2 nitrogen and oxygen atoms in total. The highest BCUT2D eigenvalue weighted by molar-refractivity contribution is 9.10. The number of nitrogens with zero attached hydrogens (tertiary/aromatic N) is 1. The summed E-state index contributed by atoms with van der Waals surface area (Å²) in [7, 11) is 0. The van der Waals surface area contributed by atoms with E-state index in [1.165, 1.54) is 0 Å². The smallest absolute Gasteiger partial charge is 0.0954 e. The predicted octanol–water partition coefficient (Wildman–Crippen LogP) is 3.84. The number of halogens is 2. The average Bonchev–Trinajstić information content (AvgIpc) is 2.70. The van der Waals surface area contributed by atoms with Crippen LogP contribution >= 0.6 is 38.9 Å². The molecule has 1 aromatic carbocycles. The molecular formula is C11H9BrClNOS. The monoisotopic (exact) mass is 317 g/mol. The summed E-state index contributed by atoms with van der Waals surface area (Å²) >= 11 is 10.8. The summed E-state index contributed by atoms with van der Waals surface area (Å²) in [6, 6.07) is 5.37. The molecule has 0 amide bonds. The molecule has 0 saturated heterocycles. The second-order valence-corrected chi connectivity index (χ2v) is 5.58. The van der Waals surface area contributed by atoms with Crippen LogP contribution < -0.4 is 0 Å². The van der Waals surface area contributed by atoms with Crippen molar-refractivity contribution >= 4 is 38.9 Å². The number of hydrogen-bond donors (Lipinski definition) is 1. The highest BCUT2D eigenvalue weighted by atomic mass is 79.9. The van der Waals surface area contributed by atoms with E-state index in [1.807, 2.05) is 11.4 Å². The molecule has 0 aliphatic heterocycles. The molecule has 0 bridgehead atoms. The van der Waals surface area contributed by atoms with Gasteiger partial charge in [0, 0.05) is 27.5 Å². The third-order valence-corrected chi connectivity index (χ3v) is 3.90. The molecule has 16 heavy (non-hydrogen) atoms. The van der Waals surface area contributed by atoms with Gasteiger partial charge in [0.05, 0.1) is 11.1 Å². The predicted molar refractivity (Wildman–Crippen MR) is 69.9 cm³/mol. The maximum absolute atomic E-state index is 10.1. The third kappa shape index (κ3) is 2.83. The second kappa shape index (κ2) is 5.27. The largest absolute Gasteiger partial charge is 0.388 e. The fourth-order valence-electron chi connectivity index (χ4n) is 1.40. The van der Waals surface area contributed by atoms with E-state index in [4.69, 9.17) is 11.6 Å². The van der Waals surface area contributed by atoms with Crippen LogP contribution in [-0.2, 0) is 6.42 Å². The molecule has 0 spiro atoms. The highest BCUT2D eigenvalue weighted by Crippen LogP contribution is 2.28. The summed E-state index contributed by atoms with van der Waals surface area (Å²) in [5.41, 5.74) is 0.833. The van der Waals surface area contributed by atoms with E-state index >= 15 is 0 Å². The van der Waals surface area contributed by atoms with Crippen molar-refractivity contribution < 1.29 is 5.11 Å². The Morgan fingerprint density at radius 3 is 2.94 bits per heavy atom. The van der Waals surface area contributed by atoms with Crippen LogP contribution in [-0.4, -0.2) is 10.1 Å². The van der Waals surface area contributed by atoms with Gasteiger partial charge in [-0.05, 0) is 17.7 Å². The molecule has 1 unspecified atom stereocenters. The summed E-state index contributed by atoms with van der Waals surface area (Å²) in [5.74, 6) is 0. The summed E-state index contributed by atoms with van der Waals surface area (Å²) in [6.07, 6.45) is 1.71. The quantitative estimate of drug-likeness (QED) is 0.933. The van der Waals surface area contributed by atoms with Gasteiger partial charge in [-0.2, -0.15) is 0 Å². The van der Waals surface area contributed by atoms with Gasteiger partial charge in [0.25, 0.3) is 0 Å². The molecule has 84 valence electrons. The van der Waals surface area contributed by atoms with Gasteiger partial charge in [-0.15, -0.1) is 11.3 Å². The van der Waals surface area contributed by atoms with Crippen molar-refractivity contribution in [3.8, 4) is 0 Å². The van der Waals surface area contributed by atoms with Crippen molar-refractivity contribution in [2.75, 3.05) is 0 Å². The van der Waals surface area contributed by atoms with Crippen molar-refractivity contribution in [3.63, 3.8) is 0 Å². The van der Waals surface area contributed by atoms with Gasteiger partial charge in [-0.25, -0.2) is 4.98 Å². The lowest BCUT2D eigenvalue weighted by Crippen LogP contribution is -2.02. The Kier molecular flexibility index (Phi) is 3.97. The topological polar surface area (TPSA) is 33.1 Å². The molecule has 0 radical (unpaired) electrons. The van der Waals surface area contributed by atoms with Crippen LogP contribution in [0.15, 0.2) is 34.2 Å². The molecular weight excluding hydrogens is 310 g/mol. The summed E-state index contributed by atoms with van der Waals surface area (Å²) in [6.45, 7) is 0. The van der Waals surface area contributed by atoms with Crippen LogP contribution in [0.4, 0.5) is 0 Å². The molecule has 2 aromatic rings. The number of aliphatic hydroxyl groups excluding tert-OH is 1. The molecule has 2 rings (SSSR count). The van der Waals surface area contributed by atoms with E-state index in [0.29, 0.717) is 11.4 Å². The Morgan fingerprint density at radius 2 is 2.31 bits per heavy atom. The zero-order valence-electron chi connectivity index (χ0n) is 8.23. The maximum Gasteiger partial charge on any atom is 0.0954 e. The SMILES string of the molecule is OC(Cc1nccs1)c1ccc(Cl)cc1Br. The van der Waals surface area contributed by atoms with Crippen LogP contribution in [0.5, 0.6) is 0 Å². The number of hydrogen-bond acceptors (Lipinski definition) is 3. The van der Waals surface area contributed by atoms with E-state index < -0.39 is 6.10 Å². The Balaban J connectivity index is 2.17. The first-order valence-corrected chi connectivity index (χ1v) is 6.73. The van der Waals surface area contributed by atoms with E-state index in [1.54, 1.807) is 29.7 Å². The molecule has 0 aliphatic carbocycles. The Bertz CT molecular complexity index is 475. The van der Waals surface area contributed by atoms with Crippen molar-refractivity contribution in [2.45, 2.75) is 12.5 Å². The van der Waals surface area contributed by atoms with Crippen LogP contribution in [0, 0.1) is 0 Å². The van der Waals surface area contributed by atoms with Gasteiger partial charge in [0.2, 0.25) is 0 Å². The lowest BCUT2D eigenvalue weighted by Gasteiger charge is -2.11. The van der Waals surface area contributed by atoms with Crippen molar-refractivity contribution in [1.29, 1.82) is 0 Å². The van der Waals surface area contributed by atoms with Crippen LogP contribution in [0.2, 0.25) is 5.02 Å². The van der Waals surface area contributed by atoms with E-state index in [-0.39, 0.29) is 0 Å². The molecule has 1 aromatic heterocycles. The van der Waals surface area contributed by atoms with E-state index in [9.17, 15) is 5.11 Å². The second-order valence-electron chi connectivity index (χ2n) is 3.31. The highest BCUT2D eigenvalue weighted by Gasteiger charge is 2.13. The van der Waals surface area contributed by atoms with Gasteiger partial charge in [0.15, 0.2) is 0 Å². The van der Waals surface area contributed by atoms with Crippen LogP contribution in [0.25, 0.3) is 0 Å². The number of benzene rings is 1. The van der Waals surface area contributed by atoms with Gasteiger partial charge in [-0.1, -0.05) is 33.6 Å². The normalized spacial score (nSPS) is 12.7. The minimum Gasteiger partial charge on any atom is -0.388 e. The first kappa shape index (κ1) is 12.0. The van der Waals surface area contributed by atoms with Crippen LogP contribution in [0.1, 0.15) is 16.7 Å². The van der Waals surface area contributed by atoms with Crippen LogP contribution in [0.3, 0.4) is 0 Å². The first-order chi connectivity index (χ1) is 7.66. The van der Waals surface area contributed by atoms with E-state index in [0.717, 1.165) is 15.0 Å². The fourth-order valence-corrected chi connectivity index (χ4v) is 3.00. The lowest BCUT2D eigenvalue weighted by atomic mass is 10.1. The van der Waals surface area contributed by atoms with E-state index in [2.05, 4.69) is 20.9 Å². The molecule has 1 heterocycles. The van der Waals surface area contributed by atoms with Crippen molar-refractivity contribution in [3.05, 3.63) is 49.8 Å². The standard InChI is InChI=1S/C11H9BrClNOS/c12-9-5-7(13)1-2-8(9)10(15)6-11-14-3-4-16-11/h1-5,10,15H,6H2. The minimum atomic E-state index is -0.558. The summed E-state index contributed by atoms with van der Waals surface area (Å²) in [5, 5.41) is 13.5. The molecule has 0 saturated carbocycles. The molecule has 0 fully saturated rings. The Morgan fingerprint density at radius 1 is 1.50 bits per heavy atom. The van der Waals surface area contributed by atoms with Crippen molar-refractivity contribution in [2.24, 2.45) is 0 Å². The number of rotatable bonds is 3. The maximum atomic E-state index is 10.1. The number of thiazole rings is 1. The van der Waals surface area contributed by atoms with Gasteiger partial charge < -0.3 is 5.11 Å². The molecule has 1 atom stereocenters. The molecule has 5 heteroatoms. The Hall–Kier alpha value is -0.420. The number of aromatic nitrogens is 1. The van der Waals surface area contributed by atoms with Gasteiger partial charge >= 0.3 is 0 Å². The summed E-state index contributed by atoms with van der Waals surface area (Å²) < 4.78 is 0.823. The lowest BCUT2D eigenvalue weighted by molar-refractivity contribution is 0.177. The third-order valence-electron chi connectivity index (χ3n) is 2.17. The minimum absolute atomic E-state index is 0.526. The van der Waals surface area contributed by atoms with Gasteiger partial charge in [-0.3, -0.25) is 0 Å². The zero-order valence-corrected chi connectivity index (χ0v) is 11.4.